The maximum absolute atomic E-state index is 12.6. The number of hydrogen-bond donors (Lipinski definition) is 2. The molecule has 6 nitrogen and oxygen atoms in total. The molecule has 0 radical (unpaired) electrons. The van der Waals surface area contributed by atoms with Gasteiger partial charge in [-0.1, -0.05) is 37.3 Å². The summed E-state index contributed by atoms with van der Waals surface area (Å²) in [5, 5.41) is 12.3. The van der Waals surface area contributed by atoms with Crippen molar-refractivity contribution in [1.29, 1.82) is 0 Å². The molecule has 0 bridgehead atoms. The molecule has 2 N–H and O–H groups in total. The van der Waals surface area contributed by atoms with E-state index in [4.69, 9.17) is 0 Å². The highest BCUT2D eigenvalue weighted by Crippen LogP contribution is 2.21. The molecule has 0 spiro atoms. The molecule has 2 amide bonds. The summed E-state index contributed by atoms with van der Waals surface area (Å²) >= 11 is 0. The molecule has 2 aromatic rings. The quantitative estimate of drug-likeness (QED) is 0.838. The third kappa shape index (κ3) is 4.07. The monoisotopic (exact) mass is 378 g/mol. The van der Waals surface area contributed by atoms with Crippen LogP contribution in [-0.4, -0.2) is 39.2 Å². The number of allylic oxidation sites excluding steroid dienone is 1. The number of carbonyl (C=O) groups is 1. The van der Waals surface area contributed by atoms with Gasteiger partial charge in [0.15, 0.2) is 0 Å². The van der Waals surface area contributed by atoms with Gasteiger partial charge < -0.3 is 15.3 Å². The number of aromatic nitrogens is 2. The van der Waals surface area contributed by atoms with Crippen LogP contribution in [-0.2, 0) is 32.4 Å². The first kappa shape index (κ1) is 18.6. The van der Waals surface area contributed by atoms with E-state index >= 15 is 0 Å². The minimum Gasteiger partial charge on any atom is -0.396 e. The zero-order valence-electron chi connectivity index (χ0n) is 16.2. The lowest BCUT2D eigenvalue weighted by molar-refractivity contribution is 0.190. The first-order valence-corrected chi connectivity index (χ1v) is 9.88. The molecule has 146 valence electrons. The molecule has 6 heteroatoms. The van der Waals surface area contributed by atoms with Gasteiger partial charge in [-0.3, -0.25) is 0 Å². The molecule has 0 saturated heterocycles. The maximum atomic E-state index is 12.6. The van der Waals surface area contributed by atoms with Crippen LogP contribution in [0.4, 0.5) is 4.79 Å². The smallest absolute Gasteiger partial charge is 0.318 e. The van der Waals surface area contributed by atoms with Crippen LogP contribution in [0, 0.1) is 5.92 Å². The Kier molecular flexibility index (Phi) is 5.39. The van der Waals surface area contributed by atoms with E-state index < -0.39 is 0 Å². The average Bonchev–Trinajstić information content (AvgIpc) is 3.19. The number of carbonyl (C=O) groups excluding carboxylic acids is 1. The van der Waals surface area contributed by atoms with Gasteiger partial charge in [-0.05, 0) is 41.0 Å². The van der Waals surface area contributed by atoms with Crippen molar-refractivity contribution in [2.24, 2.45) is 5.92 Å². The lowest BCUT2D eigenvalue weighted by atomic mass is 10.1. The second-order valence-corrected chi connectivity index (χ2v) is 7.72. The largest absolute Gasteiger partial charge is 0.396 e. The van der Waals surface area contributed by atoms with Crippen LogP contribution < -0.4 is 5.32 Å². The van der Waals surface area contributed by atoms with E-state index in [-0.39, 0.29) is 18.6 Å². The molecule has 0 saturated carbocycles. The molecular weight excluding hydrogens is 352 g/mol. The van der Waals surface area contributed by atoms with Crippen LogP contribution in [0.2, 0.25) is 0 Å². The van der Waals surface area contributed by atoms with Crippen molar-refractivity contribution in [1.82, 2.24) is 20.2 Å². The van der Waals surface area contributed by atoms with E-state index in [9.17, 15) is 9.90 Å². The fourth-order valence-electron chi connectivity index (χ4n) is 3.70. The van der Waals surface area contributed by atoms with Gasteiger partial charge in [-0.25, -0.2) is 14.8 Å². The molecule has 2 aliphatic rings. The Bertz CT molecular complexity index is 909. The van der Waals surface area contributed by atoms with Crippen LogP contribution >= 0.6 is 0 Å². The fraction of sp³-hybridized carbons (Fsp3) is 0.409. The maximum Gasteiger partial charge on any atom is 0.318 e. The SMILES string of the molecule is C[C@@H](CO)Cc1ncc2c(n1)CN(C(=O)NCc1ccc3c(c1)CC=C3)CC2. The zero-order valence-corrected chi connectivity index (χ0v) is 16.2. The molecule has 1 aliphatic heterocycles. The van der Waals surface area contributed by atoms with Crippen molar-refractivity contribution in [3.8, 4) is 0 Å². The van der Waals surface area contributed by atoms with E-state index in [0.29, 0.717) is 26.1 Å². The highest BCUT2D eigenvalue weighted by molar-refractivity contribution is 5.74. The molecule has 1 aliphatic carbocycles. The van der Waals surface area contributed by atoms with Crippen molar-refractivity contribution in [2.45, 2.75) is 39.3 Å². The van der Waals surface area contributed by atoms with Crippen molar-refractivity contribution >= 4 is 12.1 Å². The summed E-state index contributed by atoms with van der Waals surface area (Å²) in [6.45, 7) is 3.78. The van der Waals surface area contributed by atoms with Gasteiger partial charge in [0, 0.05) is 32.3 Å². The number of aliphatic hydroxyl groups excluding tert-OH is 1. The van der Waals surface area contributed by atoms with Crippen LogP contribution in [0.5, 0.6) is 0 Å². The number of nitrogens with one attached hydrogen (secondary N) is 1. The Hall–Kier alpha value is -2.73. The predicted molar refractivity (Wildman–Crippen MR) is 108 cm³/mol. The van der Waals surface area contributed by atoms with Crippen molar-refractivity contribution in [3.05, 3.63) is 64.2 Å². The number of rotatable bonds is 5. The van der Waals surface area contributed by atoms with Gasteiger partial charge in [0.05, 0.1) is 12.2 Å². The number of fused-ring (bicyclic) bond motifs is 2. The zero-order chi connectivity index (χ0) is 19.5. The molecule has 0 unspecified atom stereocenters. The summed E-state index contributed by atoms with van der Waals surface area (Å²) in [6, 6.07) is 6.29. The van der Waals surface area contributed by atoms with Gasteiger partial charge in [-0.15, -0.1) is 0 Å². The van der Waals surface area contributed by atoms with E-state index in [2.05, 4.69) is 45.6 Å². The van der Waals surface area contributed by atoms with Crippen molar-refractivity contribution in [3.63, 3.8) is 0 Å². The van der Waals surface area contributed by atoms with Gasteiger partial charge >= 0.3 is 6.03 Å². The Morgan fingerprint density at radius 3 is 3.11 bits per heavy atom. The normalized spacial score (nSPS) is 15.9. The average molecular weight is 378 g/mol. The van der Waals surface area contributed by atoms with Gasteiger partial charge in [-0.2, -0.15) is 0 Å². The second-order valence-electron chi connectivity index (χ2n) is 7.72. The molecule has 1 aromatic carbocycles. The number of amides is 2. The standard InChI is InChI=1S/C22H26N4O2/c1-15(14-27)9-21-23-12-19-7-8-26(13-20(19)25-21)22(28)24-11-16-5-6-17-3-2-4-18(17)10-16/h2-3,5-6,10,12,15,27H,4,7-9,11,13-14H2,1H3,(H,24,28)/t15-/m1/s1. The lowest BCUT2D eigenvalue weighted by Crippen LogP contribution is -2.43. The van der Waals surface area contributed by atoms with Gasteiger partial charge in [0.25, 0.3) is 0 Å². The summed E-state index contributed by atoms with van der Waals surface area (Å²) in [7, 11) is 0. The van der Waals surface area contributed by atoms with Gasteiger partial charge in [0.1, 0.15) is 5.82 Å². The fourth-order valence-corrected chi connectivity index (χ4v) is 3.70. The van der Waals surface area contributed by atoms with Crippen LogP contribution in [0.1, 0.15) is 40.7 Å². The predicted octanol–water partition coefficient (Wildman–Crippen LogP) is 2.48. The molecule has 28 heavy (non-hydrogen) atoms. The molecule has 1 atom stereocenters. The number of nitrogens with zero attached hydrogens (tertiary/aromatic N) is 3. The molecular formula is C22H26N4O2. The topological polar surface area (TPSA) is 78.4 Å². The van der Waals surface area contributed by atoms with Crippen LogP contribution in [0.15, 0.2) is 30.5 Å². The summed E-state index contributed by atoms with van der Waals surface area (Å²) < 4.78 is 0. The van der Waals surface area contributed by atoms with E-state index in [1.807, 2.05) is 18.0 Å². The third-order valence-corrected chi connectivity index (χ3v) is 5.41. The molecule has 2 heterocycles. The molecule has 4 rings (SSSR count). The molecule has 1 aromatic heterocycles. The summed E-state index contributed by atoms with van der Waals surface area (Å²) in [5.41, 5.74) is 5.74. The molecule has 0 fully saturated rings. The number of urea groups is 1. The highest BCUT2D eigenvalue weighted by Gasteiger charge is 2.22. The minimum atomic E-state index is -0.0619. The minimum absolute atomic E-state index is 0.0619. The van der Waals surface area contributed by atoms with Gasteiger partial charge in [0.2, 0.25) is 0 Å². The van der Waals surface area contributed by atoms with Crippen molar-refractivity contribution in [2.75, 3.05) is 13.2 Å². The Labute approximate surface area is 165 Å². The third-order valence-electron chi connectivity index (χ3n) is 5.41. The summed E-state index contributed by atoms with van der Waals surface area (Å²) in [6.07, 6.45) is 8.55. The first-order chi connectivity index (χ1) is 13.6. The number of hydrogen-bond acceptors (Lipinski definition) is 4. The van der Waals surface area contributed by atoms with E-state index in [0.717, 1.165) is 35.5 Å². The van der Waals surface area contributed by atoms with E-state index in [1.54, 1.807) is 0 Å². The number of benzene rings is 1. The Morgan fingerprint density at radius 2 is 2.25 bits per heavy atom. The Balaban J connectivity index is 1.36. The summed E-state index contributed by atoms with van der Waals surface area (Å²) in [5.74, 6) is 0.859. The van der Waals surface area contributed by atoms with Crippen LogP contribution in [0.3, 0.4) is 0 Å². The Morgan fingerprint density at radius 1 is 1.36 bits per heavy atom. The van der Waals surface area contributed by atoms with Crippen molar-refractivity contribution < 1.29 is 9.90 Å². The first-order valence-electron chi connectivity index (χ1n) is 9.88. The summed E-state index contributed by atoms with van der Waals surface area (Å²) in [4.78, 5) is 23.5. The van der Waals surface area contributed by atoms with E-state index in [1.165, 1.54) is 11.1 Å². The number of aliphatic hydroxyl groups is 1. The lowest BCUT2D eigenvalue weighted by Gasteiger charge is -2.28. The van der Waals surface area contributed by atoms with Crippen LogP contribution in [0.25, 0.3) is 6.08 Å². The highest BCUT2D eigenvalue weighted by atomic mass is 16.3. The second kappa shape index (κ2) is 8.10.